The van der Waals surface area contributed by atoms with Crippen LogP contribution < -0.4 is 10.2 Å². The number of rotatable bonds is 6. The van der Waals surface area contributed by atoms with Crippen LogP contribution in [0.3, 0.4) is 0 Å². The average Bonchev–Trinajstić information content (AvgIpc) is 3.00. The Balaban J connectivity index is 1.73. The highest BCUT2D eigenvalue weighted by Crippen LogP contribution is 2.38. The summed E-state index contributed by atoms with van der Waals surface area (Å²) in [6, 6.07) is 22.7. The molecule has 2 amide bonds. The lowest BCUT2D eigenvalue weighted by Gasteiger charge is -2.16. The number of nitrogens with zero attached hydrogens (tertiary/aromatic N) is 1. The molecule has 1 heterocycles. The maximum atomic E-state index is 14.3. The van der Waals surface area contributed by atoms with Crippen LogP contribution in [0.4, 0.5) is 15.8 Å². The molecule has 0 atom stereocenters. The molecule has 1 aliphatic rings. The highest BCUT2D eigenvalue weighted by molar-refractivity contribution is 8.04. The maximum Gasteiger partial charge on any atom is 0.283 e. The number of thioether (sulfide) groups is 1. The lowest BCUT2D eigenvalue weighted by Crippen LogP contribution is -2.32. The minimum Gasteiger partial charge on any atom is -0.348 e. The van der Waals surface area contributed by atoms with Gasteiger partial charge in [0.25, 0.3) is 11.8 Å². The summed E-state index contributed by atoms with van der Waals surface area (Å²) in [6.45, 7) is 4.15. The summed E-state index contributed by atoms with van der Waals surface area (Å²) in [5.74, 6) is -1.11. The van der Waals surface area contributed by atoms with Crippen LogP contribution in [0.25, 0.3) is 0 Å². The fourth-order valence-electron chi connectivity index (χ4n) is 3.26. The predicted molar refractivity (Wildman–Crippen MR) is 122 cm³/mol. The Morgan fingerprint density at radius 1 is 0.839 bits per heavy atom. The molecule has 3 aromatic rings. The molecule has 0 saturated heterocycles. The van der Waals surface area contributed by atoms with Gasteiger partial charge in [-0.3, -0.25) is 9.59 Å². The molecule has 0 radical (unpaired) electrons. The van der Waals surface area contributed by atoms with E-state index in [0.29, 0.717) is 11.6 Å². The molecule has 4 rings (SSSR count). The van der Waals surface area contributed by atoms with Crippen molar-refractivity contribution in [3.8, 4) is 0 Å². The van der Waals surface area contributed by atoms with Crippen molar-refractivity contribution in [1.82, 2.24) is 0 Å². The first-order valence-corrected chi connectivity index (χ1v) is 10.7. The van der Waals surface area contributed by atoms with Crippen molar-refractivity contribution in [3.63, 3.8) is 0 Å². The zero-order chi connectivity index (χ0) is 22.0. The molecule has 3 aromatic carbocycles. The van der Waals surface area contributed by atoms with Gasteiger partial charge in [0.2, 0.25) is 0 Å². The van der Waals surface area contributed by atoms with Crippen molar-refractivity contribution in [3.05, 3.63) is 101 Å². The second-order valence-electron chi connectivity index (χ2n) is 7.42. The Hall–Kier alpha value is -3.38. The molecule has 0 saturated carbocycles. The minimum atomic E-state index is -0.510. The Labute approximate surface area is 184 Å². The fraction of sp³-hybridized carbons (Fsp3) is 0.120. The van der Waals surface area contributed by atoms with E-state index in [2.05, 4.69) is 19.2 Å². The van der Waals surface area contributed by atoms with Gasteiger partial charge in [-0.2, -0.15) is 0 Å². The number of imide groups is 1. The van der Waals surface area contributed by atoms with Crippen LogP contribution in [0.1, 0.15) is 25.3 Å². The van der Waals surface area contributed by atoms with Crippen LogP contribution in [-0.2, 0) is 9.59 Å². The van der Waals surface area contributed by atoms with Crippen LogP contribution in [0.2, 0.25) is 0 Å². The number of carbonyl (C=O) groups excluding carboxylic acids is 2. The predicted octanol–water partition coefficient (Wildman–Crippen LogP) is 5.94. The van der Waals surface area contributed by atoms with E-state index in [1.54, 1.807) is 24.3 Å². The molecule has 1 N–H and O–H groups in total. The summed E-state index contributed by atoms with van der Waals surface area (Å²) in [5.41, 5.74) is 1.80. The van der Waals surface area contributed by atoms with Crippen molar-refractivity contribution in [2.75, 3.05) is 10.2 Å². The third kappa shape index (κ3) is 4.25. The van der Waals surface area contributed by atoms with Gasteiger partial charge < -0.3 is 5.32 Å². The maximum absolute atomic E-state index is 14.3. The van der Waals surface area contributed by atoms with Gasteiger partial charge in [0.15, 0.2) is 0 Å². The topological polar surface area (TPSA) is 49.4 Å². The smallest absolute Gasteiger partial charge is 0.283 e. The molecular formula is C25H21FN2O2S. The Bertz CT molecular complexity index is 1160. The van der Waals surface area contributed by atoms with Gasteiger partial charge in [0.05, 0.1) is 11.4 Å². The van der Waals surface area contributed by atoms with Crippen LogP contribution in [0.5, 0.6) is 0 Å². The number of carbonyl (C=O) groups is 2. The summed E-state index contributed by atoms with van der Waals surface area (Å²) < 4.78 is 14.3. The van der Waals surface area contributed by atoms with Crippen LogP contribution in [0.15, 0.2) is 94.4 Å². The normalized spacial score (nSPS) is 14.0. The van der Waals surface area contributed by atoms with E-state index in [0.717, 1.165) is 15.4 Å². The number of hydrogen-bond acceptors (Lipinski definition) is 4. The summed E-state index contributed by atoms with van der Waals surface area (Å²) in [5, 5.41) is 2.86. The lowest BCUT2D eigenvalue weighted by atomic mass is 10.0. The molecular weight excluding hydrogens is 411 g/mol. The summed E-state index contributed by atoms with van der Waals surface area (Å²) in [6.07, 6.45) is 0. The van der Waals surface area contributed by atoms with Gasteiger partial charge in [-0.25, -0.2) is 9.29 Å². The summed E-state index contributed by atoms with van der Waals surface area (Å²) in [7, 11) is 0. The summed E-state index contributed by atoms with van der Waals surface area (Å²) >= 11 is 1.19. The molecule has 156 valence electrons. The van der Waals surface area contributed by atoms with E-state index >= 15 is 0 Å². The van der Waals surface area contributed by atoms with E-state index in [4.69, 9.17) is 0 Å². The van der Waals surface area contributed by atoms with Gasteiger partial charge in [0.1, 0.15) is 16.4 Å². The number of hydrogen-bond donors (Lipinski definition) is 1. The van der Waals surface area contributed by atoms with Crippen molar-refractivity contribution in [1.29, 1.82) is 0 Å². The monoisotopic (exact) mass is 432 g/mol. The van der Waals surface area contributed by atoms with Crippen molar-refractivity contribution in [2.24, 2.45) is 0 Å². The summed E-state index contributed by atoms with van der Waals surface area (Å²) in [4.78, 5) is 28.8. The van der Waals surface area contributed by atoms with Crippen molar-refractivity contribution >= 4 is 35.0 Å². The average molecular weight is 433 g/mol. The Kier molecular flexibility index (Phi) is 5.91. The lowest BCUT2D eigenvalue weighted by molar-refractivity contribution is -0.120. The highest BCUT2D eigenvalue weighted by atomic mass is 32.2. The molecule has 0 spiro atoms. The minimum absolute atomic E-state index is 0.0666. The van der Waals surface area contributed by atoms with Crippen molar-refractivity contribution in [2.45, 2.75) is 24.7 Å². The fourth-order valence-corrected chi connectivity index (χ4v) is 4.21. The third-order valence-electron chi connectivity index (χ3n) is 4.96. The zero-order valence-electron chi connectivity index (χ0n) is 17.1. The van der Waals surface area contributed by atoms with E-state index in [1.165, 1.54) is 23.9 Å². The van der Waals surface area contributed by atoms with Gasteiger partial charge >= 0.3 is 0 Å². The number of benzene rings is 3. The van der Waals surface area contributed by atoms with Gasteiger partial charge in [-0.1, -0.05) is 68.1 Å². The van der Waals surface area contributed by atoms with Crippen LogP contribution >= 0.6 is 11.8 Å². The molecule has 1 aliphatic heterocycles. The van der Waals surface area contributed by atoms with E-state index < -0.39 is 17.6 Å². The third-order valence-corrected chi connectivity index (χ3v) is 6.05. The number of nitrogens with one attached hydrogen (secondary N) is 1. The van der Waals surface area contributed by atoms with Gasteiger partial charge in [-0.05, 0) is 47.9 Å². The van der Waals surface area contributed by atoms with Crippen LogP contribution in [0, 0.1) is 5.82 Å². The first-order chi connectivity index (χ1) is 15.0. The number of halogens is 1. The SMILES string of the molecule is CC(C)c1ccc(N2C(=O)C(Nc3ccccc3F)=C(Sc3ccccc3)C2=O)cc1. The first-order valence-electron chi connectivity index (χ1n) is 9.93. The van der Waals surface area contributed by atoms with Gasteiger partial charge in [-0.15, -0.1) is 0 Å². The highest BCUT2D eigenvalue weighted by Gasteiger charge is 2.40. The van der Waals surface area contributed by atoms with E-state index in [9.17, 15) is 14.0 Å². The molecule has 4 nitrogen and oxygen atoms in total. The second kappa shape index (κ2) is 8.78. The molecule has 6 heteroatoms. The number of anilines is 2. The number of para-hydroxylation sites is 1. The first kappa shape index (κ1) is 20.9. The Morgan fingerprint density at radius 2 is 1.48 bits per heavy atom. The van der Waals surface area contributed by atoms with Gasteiger partial charge in [0, 0.05) is 4.90 Å². The molecule has 0 bridgehead atoms. The van der Waals surface area contributed by atoms with Crippen LogP contribution in [-0.4, -0.2) is 11.8 Å². The number of amides is 2. The van der Waals surface area contributed by atoms with E-state index in [-0.39, 0.29) is 16.3 Å². The quantitative estimate of drug-likeness (QED) is 0.490. The van der Waals surface area contributed by atoms with Crippen molar-refractivity contribution < 1.29 is 14.0 Å². The Morgan fingerprint density at radius 3 is 2.13 bits per heavy atom. The zero-order valence-corrected chi connectivity index (χ0v) is 17.9. The molecule has 31 heavy (non-hydrogen) atoms. The largest absolute Gasteiger partial charge is 0.348 e. The molecule has 0 aliphatic carbocycles. The second-order valence-corrected chi connectivity index (χ2v) is 8.50. The molecule has 0 fully saturated rings. The molecule has 0 unspecified atom stereocenters. The van der Waals surface area contributed by atoms with E-state index in [1.807, 2.05) is 42.5 Å². The molecule has 0 aromatic heterocycles. The standard InChI is InChI=1S/C25H21FN2O2S/c1-16(2)17-12-14-18(15-13-17)28-24(29)22(27-21-11-7-6-10-20(21)26)23(25(28)30)31-19-8-4-3-5-9-19/h3-16,27H,1-2H3.